The first-order chi connectivity index (χ1) is 7.72. The first-order valence-electron chi connectivity index (χ1n) is 6.12. The van der Waals surface area contributed by atoms with Crippen molar-refractivity contribution in [1.29, 1.82) is 0 Å². The van der Waals surface area contributed by atoms with Gasteiger partial charge in [-0.05, 0) is 43.5 Å². The summed E-state index contributed by atoms with van der Waals surface area (Å²) in [6, 6.07) is 6.51. The molecular weight excluding hydrogens is 198 g/mol. The minimum atomic E-state index is 0.785. The lowest BCUT2D eigenvalue weighted by atomic mass is 10.1. The predicted octanol–water partition coefficient (Wildman–Crippen LogP) is 3.53. The molecule has 0 atom stereocenters. The summed E-state index contributed by atoms with van der Waals surface area (Å²) in [6.07, 6.45) is 2.36. The number of aryl methyl sites for hydroxylation is 2. The van der Waals surface area contributed by atoms with Crippen molar-refractivity contribution in [2.45, 2.75) is 33.6 Å². The van der Waals surface area contributed by atoms with Gasteiger partial charge in [-0.3, -0.25) is 0 Å². The molecule has 0 aliphatic heterocycles. The summed E-state index contributed by atoms with van der Waals surface area (Å²) >= 11 is 0. The van der Waals surface area contributed by atoms with Gasteiger partial charge in [0, 0.05) is 18.8 Å². The van der Waals surface area contributed by atoms with Gasteiger partial charge < -0.3 is 10.1 Å². The van der Waals surface area contributed by atoms with Gasteiger partial charge >= 0.3 is 0 Å². The van der Waals surface area contributed by atoms with Crippen LogP contribution in [0.2, 0.25) is 0 Å². The summed E-state index contributed by atoms with van der Waals surface area (Å²) in [5, 5.41) is 3.38. The third-order valence-corrected chi connectivity index (χ3v) is 2.44. The van der Waals surface area contributed by atoms with Crippen molar-refractivity contribution < 1.29 is 4.74 Å². The number of unbranched alkanes of at least 4 members (excludes halogenated alkanes) is 1. The zero-order valence-corrected chi connectivity index (χ0v) is 10.7. The molecule has 0 radical (unpaired) electrons. The number of ether oxygens (including phenoxy) is 1. The van der Waals surface area contributed by atoms with Gasteiger partial charge in [-0.25, -0.2) is 0 Å². The molecular formula is C14H23NO. The van der Waals surface area contributed by atoms with E-state index in [9.17, 15) is 0 Å². The fourth-order valence-electron chi connectivity index (χ4n) is 1.69. The first-order valence-corrected chi connectivity index (χ1v) is 6.12. The van der Waals surface area contributed by atoms with E-state index in [0.717, 1.165) is 26.2 Å². The molecule has 0 aliphatic rings. The second-order valence-electron chi connectivity index (χ2n) is 4.27. The van der Waals surface area contributed by atoms with Crippen molar-refractivity contribution >= 4 is 5.69 Å². The summed E-state index contributed by atoms with van der Waals surface area (Å²) in [6.45, 7) is 8.97. The van der Waals surface area contributed by atoms with Crippen LogP contribution in [0.25, 0.3) is 0 Å². The highest BCUT2D eigenvalue weighted by molar-refractivity contribution is 5.48. The maximum atomic E-state index is 5.49. The Morgan fingerprint density at radius 3 is 2.38 bits per heavy atom. The third-order valence-electron chi connectivity index (χ3n) is 2.44. The van der Waals surface area contributed by atoms with Crippen LogP contribution in [0.5, 0.6) is 0 Å². The smallest absolute Gasteiger partial charge is 0.0639 e. The molecule has 0 aromatic heterocycles. The molecule has 0 spiro atoms. The standard InChI is InChI=1S/C14H23NO/c1-4-5-7-16-8-6-15-14-10-12(2)9-13(3)11-14/h9-11,15H,4-8H2,1-3H3. The van der Waals surface area contributed by atoms with Gasteiger partial charge in [0.15, 0.2) is 0 Å². The number of hydrogen-bond acceptors (Lipinski definition) is 2. The minimum absolute atomic E-state index is 0.785. The van der Waals surface area contributed by atoms with Crippen molar-refractivity contribution in [2.75, 3.05) is 25.1 Å². The predicted molar refractivity (Wildman–Crippen MR) is 70.1 cm³/mol. The van der Waals surface area contributed by atoms with Crippen molar-refractivity contribution in [3.8, 4) is 0 Å². The molecule has 0 heterocycles. The van der Waals surface area contributed by atoms with Gasteiger partial charge in [0.2, 0.25) is 0 Å². The van der Waals surface area contributed by atoms with E-state index in [1.165, 1.54) is 23.2 Å². The maximum Gasteiger partial charge on any atom is 0.0639 e. The van der Waals surface area contributed by atoms with Crippen molar-refractivity contribution in [1.82, 2.24) is 0 Å². The van der Waals surface area contributed by atoms with Crippen molar-refractivity contribution in [3.63, 3.8) is 0 Å². The molecule has 0 unspecified atom stereocenters. The van der Waals surface area contributed by atoms with Crippen LogP contribution in [0.4, 0.5) is 5.69 Å². The van der Waals surface area contributed by atoms with Crippen LogP contribution in [0, 0.1) is 13.8 Å². The van der Waals surface area contributed by atoms with Gasteiger partial charge in [-0.15, -0.1) is 0 Å². The highest BCUT2D eigenvalue weighted by Gasteiger charge is 1.95. The largest absolute Gasteiger partial charge is 0.383 e. The molecule has 0 amide bonds. The molecule has 1 N–H and O–H groups in total. The molecule has 0 saturated carbocycles. The number of anilines is 1. The summed E-state index contributed by atoms with van der Waals surface area (Å²) < 4.78 is 5.49. The fourth-order valence-corrected chi connectivity index (χ4v) is 1.69. The normalized spacial score (nSPS) is 10.4. The van der Waals surface area contributed by atoms with Crippen molar-refractivity contribution in [2.24, 2.45) is 0 Å². The summed E-state index contributed by atoms with van der Waals surface area (Å²) in [5.41, 5.74) is 3.79. The quantitative estimate of drug-likeness (QED) is 0.711. The average Bonchev–Trinajstić information content (AvgIpc) is 2.22. The van der Waals surface area contributed by atoms with Crippen LogP contribution in [0.3, 0.4) is 0 Å². The van der Waals surface area contributed by atoms with E-state index >= 15 is 0 Å². The zero-order valence-electron chi connectivity index (χ0n) is 10.7. The summed E-state index contributed by atoms with van der Waals surface area (Å²) in [4.78, 5) is 0. The summed E-state index contributed by atoms with van der Waals surface area (Å²) in [7, 11) is 0. The highest BCUT2D eigenvalue weighted by atomic mass is 16.5. The lowest BCUT2D eigenvalue weighted by Crippen LogP contribution is -2.10. The molecule has 1 rings (SSSR count). The van der Waals surface area contributed by atoms with E-state index in [1.807, 2.05) is 0 Å². The van der Waals surface area contributed by atoms with Gasteiger partial charge in [0.25, 0.3) is 0 Å². The van der Waals surface area contributed by atoms with Gasteiger partial charge in [-0.2, -0.15) is 0 Å². The second kappa shape index (κ2) is 7.29. The molecule has 0 fully saturated rings. The Morgan fingerprint density at radius 1 is 1.06 bits per heavy atom. The van der Waals surface area contributed by atoms with Crippen LogP contribution in [-0.4, -0.2) is 19.8 Å². The lowest BCUT2D eigenvalue weighted by Gasteiger charge is -2.09. The lowest BCUT2D eigenvalue weighted by molar-refractivity contribution is 0.141. The molecule has 2 heteroatoms. The van der Waals surface area contributed by atoms with Crippen LogP contribution in [0.15, 0.2) is 18.2 Å². The highest BCUT2D eigenvalue weighted by Crippen LogP contribution is 2.13. The van der Waals surface area contributed by atoms with Crippen LogP contribution in [0.1, 0.15) is 30.9 Å². The second-order valence-corrected chi connectivity index (χ2v) is 4.27. The Kier molecular flexibility index (Phi) is 5.94. The number of nitrogens with one attached hydrogen (secondary N) is 1. The van der Waals surface area contributed by atoms with Gasteiger partial charge in [0.05, 0.1) is 6.61 Å². The molecule has 0 bridgehead atoms. The third kappa shape index (κ3) is 5.17. The van der Waals surface area contributed by atoms with E-state index in [-0.39, 0.29) is 0 Å². The molecule has 0 saturated heterocycles. The molecule has 1 aromatic rings. The minimum Gasteiger partial charge on any atom is -0.383 e. The van der Waals surface area contributed by atoms with E-state index < -0.39 is 0 Å². The zero-order chi connectivity index (χ0) is 11.8. The first kappa shape index (κ1) is 13.0. The molecule has 16 heavy (non-hydrogen) atoms. The van der Waals surface area contributed by atoms with Gasteiger partial charge in [-0.1, -0.05) is 19.4 Å². The average molecular weight is 221 g/mol. The SMILES string of the molecule is CCCCOCCNc1cc(C)cc(C)c1. The fraction of sp³-hybridized carbons (Fsp3) is 0.571. The van der Waals surface area contributed by atoms with Crippen molar-refractivity contribution in [3.05, 3.63) is 29.3 Å². The number of rotatable bonds is 7. The molecule has 0 aliphatic carbocycles. The van der Waals surface area contributed by atoms with E-state index in [4.69, 9.17) is 4.74 Å². The maximum absolute atomic E-state index is 5.49. The number of benzene rings is 1. The Labute approximate surface area is 99.0 Å². The summed E-state index contributed by atoms with van der Waals surface area (Å²) in [5.74, 6) is 0. The Bertz CT molecular complexity index is 289. The topological polar surface area (TPSA) is 21.3 Å². The van der Waals surface area contributed by atoms with Crippen LogP contribution >= 0.6 is 0 Å². The Hall–Kier alpha value is -1.02. The molecule has 1 aromatic carbocycles. The van der Waals surface area contributed by atoms with Crippen LogP contribution < -0.4 is 5.32 Å². The number of hydrogen-bond donors (Lipinski definition) is 1. The Balaban J connectivity index is 2.21. The molecule has 2 nitrogen and oxygen atoms in total. The van der Waals surface area contributed by atoms with E-state index in [1.54, 1.807) is 0 Å². The van der Waals surface area contributed by atoms with E-state index in [0.29, 0.717) is 0 Å². The monoisotopic (exact) mass is 221 g/mol. The molecule has 90 valence electrons. The Morgan fingerprint density at radius 2 is 1.75 bits per heavy atom. The van der Waals surface area contributed by atoms with E-state index in [2.05, 4.69) is 44.3 Å². The van der Waals surface area contributed by atoms with Crippen LogP contribution in [-0.2, 0) is 4.74 Å². The van der Waals surface area contributed by atoms with Gasteiger partial charge in [0.1, 0.15) is 0 Å².